The van der Waals surface area contributed by atoms with Crippen molar-refractivity contribution in [1.82, 2.24) is 10.2 Å². The second-order valence-electron chi connectivity index (χ2n) is 5.85. The van der Waals surface area contributed by atoms with Crippen LogP contribution in [-0.4, -0.2) is 61.0 Å². The summed E-state index contributed by atoms with van der Waals surface area (Å²) in [5.74, 6) is 0. The minimum Gasteiger partial charge on any atom is -0.394 e. The second-order valence-corrected chi connectivity index (χ2v) is 5.85. The van der Waals surface area contributed by atoms with Crippen LogP contribution in [0.2, 0.25) is 0 Å². The average molecular weight is 272 g/mol. The Morgan fingerprint density at radius 3 is 2.74 bits per heavy atom. The van der Waals surface area contributed by atoms with Crippen molar-refractivity contribution in [3.63, 3.8) is 0 Å². The fraction of sp³-hybridized carbons (Fsp3) is 1.00. The van der Waals surface area contributed by atoms with E-state index in [-0.39, 0.29) is 12.1 Å². The zero-order chi connectivity index (χ0) is 14.3. The largest absolute Gasteiger partial charge is 0.394 e. The molecule has 1 aliphatic carbocycles. The van der Waals surface area contributed by atoms with Crippen molar-refractivity contribution in [2.24, 2.45) is 0 Å². The Labute approximate surface area is 118 Å². The number of aliphatic hydroxyl groups excluding tert-OH is 1. The van der Waals surface area contributed by atoms with Crippen LogP contribution in [0.4, 0.5) is 0 Å². The summed E-state index contributed by atoms with van der Waals surface area (Å²) < 4.78 is 5.25. The summed E-state index contributed by atoms with van der Waals surface area (Å²) in [5.41, 5.74) is -0.0573. The molecule has 4 heteroatoms. The van der Waals surface area contributed by atoms with Crippen LogP contribution >= 0.6 is 0 Å². The molecule has 1 fully saturated rings. The highest BCUT2D eigenvalue weighted by atomic mass is 16.5. The number of hydrogen-bond donors (Lipinski definition) is 2. The molecule has 0 heterocycles. The Kier molecular flexibility index (Phi) is 7.29. The molecule has 0 aromatic heterocycles. The summed E-state index contributed by atoms with van der Waals surface area (Å²) in [6.07, 6.45) is 4.45. The smallest absolute Gasteiger partial charge is 0.0613 e. The van der Waals surface area contributed by atoms with Crippen LogP contribution in [-0.2, 0) is 4.74 Å². The third-order valence-electron chi connectivity index (χ3n) is 4.62. The molecule has 4 nitrogen and oxygen atoms in total. The van der Waals surface area contributed by atoms with Crippen molar-refractivity contribution >= 4 is 0 Å². The Balaban J connectivity index is 2.65. The predicted molar refractivity (Wildman–Crippen MR) is 79.5 cm³/mol. The van der Waals surface area contributed by atoms with Crippen LogP contribution in [0.15, 0.2) is 0 Å². The third kappa shape index (κ3) is 4.42. The topological polar surface area (TPSA) is 44.7 Å². The van der Waals surface area contributed by atoms with Gasteiger partial charge in [-0.1, -0.05) is 13.8 Å². The number of aliphatic hydroxyl groups is 1. The number of rotatable bonds is 9. The lowest BCUT2D eigenvalue weighted by Gasteiger charge is -2.35. The van der Waals surface area contributed by atoms with Gasteiger partial charge in [0.1, 0.15) is 0 Å². The van der Waals surface area contributed by atoms with Crippen LogP contribution in [0.1, 0.15) is 46.5 Å². The molecular weight excluding hydrogens is 240 g/mol. The average Bonchev–Trinajstić information content (AvgIpc) is 2.84. The van der Waals surface area contributed by atoms with E-state index in [4.69, 9.17) is 4.74 Å². The van der Waals surface area contributed by atoms with E-state index in [1.54, 1.807) is 7.11 Å². The number of nitrogens with zero attached hydrogens (tertiary/aromatic N) is 1. The molecule has 1 rings (SSSR count). The van der Waals surface area contributed by atoms with Crippen molar-refractivity contribution in [1.29, 1.82) is 0 Å². The van der Waals surface area contributed by atoms with E-state index >= 15 is 0 Å². The number of hydrogen-bond acceptors (Lipinski definition) is 4. The standard InChI is InChI=1S/C15H32N2O2/c1-5-13(3)17(9-10-19-4)14-7-8-15(11-14,12-18)16-6-2/h13-14,16,18H,5-12H2,1-4H3. The summed E-state index contributed by atoms with van der Waals surface area (Å²) in [6.45, 7) is 9.59. The molecule has 1 saturated carbocycles. The first-order valence-electron chi connectivity index (χ1n) is 7.73. The molecule has 0 radical (unpaired) electrons. The fourth-order valence-electron chi connectivity index (χ4n) is 3.31. The maximum Gasteiger partial charge on any atom is 0.0613 e. The first-order valence-corrected chi connectivity index (χ1v) is 7.73. The summed E-state index contributed by atoms with van der Waals surface area (Å²) in [6, 6.07) is 1.15. The van der Waals surface area contributed by atoms with Gasteiger partial charge in [0, 0.05) is 31.3 Å². The molecule has 114 valence electrons. The van der Waals surface area contributed by atoms with Crippen molar-refractivity contribution in [3.8, 4) is 0 Å². The zero-order valence-electron chi connectivity index (χ0n) is 13.1. The maximum absolute atomic E-state index is 9.71. The minimum atomic E-state index is -0.0573. The highest BCUT2D eigenvalue weighted by molar-refractivity contribution is 4.99. The van der Waals surface area contributed by atoms with Gasteiger partial charge in [-0.2, -0.15) is 0 Å². The number of nitrogens with one attached hydrogen (secondary N) is 1. The van der Waals surface area contributed by atoms with E-state index in [0.29, 0.717) is 12.1 Å². The molecule has 0 aromatic rings. The lowest BCUT2D eigenvalue weighted by atomic mass is 9.98. The summed E-state index contributed by atoms with van der Waals surface area (Å²) in [7, 11) is 1.76. The molecule has 3 unspecified atom stereocenters. The summed E-state index contributed by atoms with van der Waals surface area (Å²) in [5, 5.41) is 13.2. The lowest BCUT2D eigenvalue weighted by Crippen LogP contribution is -2.49. The van der Waals surface area contributed by atoms with E-state index < -0.39 is 0 Å². The minimum absolute atomic E-state index is 0.0573. The zero-order valence-corrected chi connectivity index (χ0v) is 13.1. The van der Waals surface area contributed by atoms with Gasteiger partial charge in [-0.3, -0.25) is 4.90 Å². The fourth-order valence-corrected chi connectivity index (χ4v) is 3.31. The van der Waals surface area contributed by atoms with Gasteiger partial charge in [0.2, 0.25) is 0 Å². The third-order valence-corrected chi connectivity index (χ3v) is 4.62. The predicted octanol–water partition coefficient (Wildman–Crippen LogP) is 1.63. The molecule has 3 atom stereocenters. The van der Waals surface area contributed by atoms with Crippen LogP contribution in [0, 0.1) is 0 Å². The van der Waals surface area contributed by atoms with Gasteiger partial charge >= 0.3 is 0 Å². The molecule has 0 aliphatic heterocycles. The molecule has 1 aliphatic rings. The van der Waals surface area contributed by atoms with Gasteiger partial charge < -0.3 is 15.2 Å². The maximum atomic E-state index is 9.71. The molecule has 2 N–H and O–H groups in total. The molecule has 0 saturated heterocycles. The Morgan fingerprint density at radius 1 is 1.47 bits per heavy atom. The van der Waals surface area contributed by atoms with Crippen LogP contribution in [0.25, 0.3) is 0 Å². The van der Waals surface area contributed by atoms with E-state index in [1.807, 2.05) is 0 Å². The highest BCUT2D eigenvalue weighted by Gasteiger charge is 2.40. The quantitative estimate of drug-likeness (QED) is 0.669. The van der Waals surface area contributed by atoms with Crippen molar-refractivity contribution in [3.05, 3.63) is 0 Å². The van der Waals surface area contributed by atoms with Gasteiger partial charge in [-0.25, -0.2) is 0 Å². The molecule has 0 bridgehead atoms. The van der Waals surface area contributed by atoms with E-state index in [0.717, 1.165) is 39.0 Å². The summed E-state index contributed by atoms with van der Waals surface area (Å²) in [4.78, 5) is 2.57. The number of methoxy groups -OCH3 is 1. The van der Waals surface area contributed by atoms with Gasteiger partial charge in [-0.05, 0) is 39.2 Å². The van der Waals surface area contributed by atoms with Crippen LogP contribution in [0.5, 0.6) is 0 Å². The first kappa shape index (κ1) is 16.9. The van der Waals surface area contributed by atoms with Crippen LogP contribution < -0.4 is 5.32 Å². The molecule has 19 heavy (non-hydrogen) atoms. The van der Waals surface area contributed by atoms with Crippen molar-refractivity contribution in [2.45, 2.75) is 64.1 Å². The Bertz CT molecular complexity index is 250. The SMILES string of the molecule is CCNC1(CO)CCC(N(CCOC)C(C)CC)C1. The normalized spacial score (nSPS) is 29.1. The van der Waals surface area contributed by atoms with Gasteiger partial charge in [0.05, 0.1) is 13.2 Å². The Hall–Kier alpha value is -0.160. The number of ether oxygens (including phenoxy) is 1. The first-order chi connectivity index (χ1) is 9.12. The Morgan fingerprint density at radius 2 is 2.21 bits per heavy atom. The second kappa shape index (κ2) is 8.20. The number of likely N-dealkylation sites (N-methyl/N-ethyl adjacent to an activating group) is 1. The monoisotopic (exact) mass is 272 g/mol. The van der Waals surface area contributed by atoms with Gasteiger partial charge in [0.25, 0.3) is 0 Å². The summed E-state index contributed by atoms with van der Waals surface area (Å²) >= 11 is 0. The van der Waals surface area contributed by atoms with Gasteiger partial charge in [0.15, 0.2) is 0 Å². The molecule has 0 aromatic carbocycles. The van der Waals surface area contributed by atoms with Crippen molar-refractivity contribution in [2.75, 3.05) is 33.4 Å². The molecule has 0 spiro atoms. The van der Waals surface area contributed by atoms with Crippen molar-refractivity contribution < 1.29 is 9.84 Å². The lowest BCUT2D eigenvalue weighted by molar-refractivity contribution is 0.0811. The van der Waals surface area contributed by atoms with Crippen LogP contribution in [0.3, 0.4) is 0 Å². The van der Waals surface area contributed by atoms with E-state index in [1.165, 1.54) is 6.42 Å². The van der Waals surface area contributed by atoms with Gasteiger partial charge in [-0.15, -0.1) is 0 Å². The molecular formula is C15H32N2O2. The van der Waals surface area contributed by atoms with E-state index in [9.17, 15) is 5.11 Å². The highest BCUT2D eigenvalue weighted by Crippen LogP contribution is 2.34. The molecule has 0 amide bonds. The van der Waals surface area contributed by atoms with E-state index in [2.05, 4.69) is 31.0 Å².